The van der Waals surface area contributed by atoms with Crippen molar-refractivity contribution in [1.82, 2.24) is 5.32 Å². The Morgan fingerprint density at radius 2 is 1.50 bits per heavy atom. The molecule has 16 heavy (non-hydrogen) atoms. The quantitative estimate of drug-likeness (QED) is 0.760. The highest BCUT2D eigenvalue weighted by Gasteiger charge is 2.22. The first-order valence-electron chi connectivity index (χ1n) is 5.84. The van der Waals surface area contributed by atoms with E-state index in [4.69, 9.17) is 0 Å². The van der Waals surface area contributed by atoms with Crippen molar-refractivity contribution < 1.29 is 4.79 Å². The fraction of sp³-hybridized carbons (Fsp3) is 0.923. The third kappa shape index (κ3) is 16.4. The van der Waals surface area contributed by atoms with Crippen LogP contribution in [-0.2, 0) is 4.79 Å². The molecule has 0 heterocycles. The van der Waals surface area contributed by atoms with E-state index in [9.17, 15) is 4.79 Å². The number of carbonyl (C=O) groups is 1. The van der Waals surface area contributed by atoms with Crippen LogP contribution in [0.5, 0.6) is 0 Å². The third-order valence-corrected chi connectivity index (χ3v) is 1.85. The molecule has 0 spiro atoms. The lowest BCUT2D eigenvalue weighted by Crippen LogP contribution is -2.28. The van der Waals surface area contributed by atoms with E-state index >= 15 is 0 Å². The van der Waals surface area contributed by atoms with E-state index in [-0.39, 0.29) is 17.8 Å². The molecule has 2 nitrogen and oxygen atoms in total. The molecule has 0 saturated heterocycles. The summed E-state index contributed by atoms with van der Waals surface area (Å²) in [6.45, 7) is 13.6. The smallest absolute Gasteiger partial charge is 0.125 e. The lowest BCUT2D eigenvalue weighted by molar-refractivity contribution is -0.113. The lowest BCUT2D eigenvalue weighted by Gasteiger charge is -2.18. The molecule has 98 valence electrons. The number of carbonyl (C=O) groups excluding carboxylic acids is 1. The van der Waals surface area contributed by atoms with E-state index in [1.807, 2.05) is 20.8 Å². The van der Waals surface area contributed by atoms with Crippen molar-refractivity contribution in [2.45, 2.75) is 60.4 Å². The van der Waals surface area contributed by atoms with Gasteiger partial charge in [-0.2, -0.15) is 0 Å². The highest BCUT2D eigenvalue weighted by molar-refractivity contribution is 5.85. The van der Waals surface area contributed by atoms with E-state index < -0.39 is 0 Å². The van der Waals surface area contributed by atoms with Gasteiger partial charge in [-0.25, -0.2) is 0 Å². The molecule has 3 heteroatoms. The Bertz CT molecular complexity index is 187. The summed E-state index contributed by atoms with van der Waals surface area (Å²) in [6, 6.07) is 0.865. The van der Waals surface area contributed by atoms with Crippen molar-refractivity contribution in [2.24, 2.45) is 10.8 Å². The second-order valence-corrected chi connectivity index (χ2v) is 6.70. The van der Waals surface area contributed by atoms with Crippen molar-refractivity contribution in [3.05, 3.63) is 0 Å². The van der Waals surface area contributed by atoms with Gasteiger partial charge in [-0.05, 0) is 18.3 Å². The number of hydrogen-bond donors (Lipinski definition) is 1. The maximum Gasteiger partial charge on any atom is 0.125 e. The molecule has 0 aliphatic heterocycles. The average molecular weight is 250 g/mol. The van der Waals surface area contributed by atoms with E-state index in [2.05, 4.69) is 26.1 Å². The van der Waals surface area contributed by atoms with Gasteiger partial charge in [-0.15, -0.1) is 12.4 Å². The van der Waals surface area contributed by atoms with Crippen LogP contribution in [-0.4, -0.2) is 18.9 Å². The van der Waals surface area contributed by atoms with E-state index in [1.54, 1.807) is 0 Å². The number of rotatable bonds is 2. The summed E-state index contributed by atoms with van der Waals surface area (Å²) in [5.41, 5.74) is 0.322. The lowest BCUT2D eigenvalue weighted by atomic mass is 9.97. The first kappa shape index (κ1) is 18.3. The number of halogens is 1. The highest BCUT2D eigenvalue weighted by atomic mass is 35.5. The van der Waals surface area contributed by atoms with Crippen LogP contribution in [0.25, 0.3) is 0 Å². The Labute approximate surface area is 107 Å². The van der Waals surface area contributed by atoms with Gasteiger partial charge in [0, 0.05) is 18.0 Å². The van der Waals surface area contributed by atoms with Crippen molar-refractivity contribution in [3.63, 3.8) is 0 Å². The van der Waals surface area contributed by atoms with Gasteiger partial charge >= 0.3 is 0 Å². The Hall–Kier alpha value is -0.0800. The van der Waals surface area contributed by atoms with Gasteiger partial charge in [-0.3, -0.25) is 0 Å². The Balaban J connectivity index is 0. The molecular formula is C13H28ClNO. The zero-order valence-corrected chi connectivity index (χ0v) is 12.4. The van der Waals surface area contributed by atoms with Crippen LogP contribution in [0.4, 0.5) is 0 Å². The second-order valence-electron chi connectivity index (χ2n) is 6.70. The summed E-state index contributed by atoms with van der Waals surface area (Å²) in [6.07, 6.45) is 3.74. The number of nitrogens with one attached hydrogen (secondary N) is 1. The first-order valence-corrected chi connectivity index (χ1v) is 5.84. The minimum absolute atomic E-state index is 0. The van der Waals surface area contributed by atoms with Crippen molar-refractivity contribution in [3.8, 4) is 0 Å². The maximum absolute atomic E-state index is 9.83. The molecule has 0 aromatic carbocycles. The minimum atomic E-state index is -0.139. The molecule has 1 fully saturated rings. The summed E-state index contributed by atoms with van der Waals surface area (Å²) in [5, 5.41) is 3.50. The van der Waals surface area contributed by atoms with Gasteiger partial charge in [-0.1, -0.05) is 41.5 Å². The van der Waals surface area contributed by atoms with Crippen LogP contribution in [0.2, 0.25) is 0 Å². The van der Waals surface area contributed by atoms with Crippen LogP contribution in [0.3, 0.4) is 0 Å². The zero-order chi connectivity index (χ0) is 12.1. The van der Waals surface area contributed by atoms with Gasteiger partial charge in [0.25, 0.3) is 0 Å². The predicted molar refractivity (Wildman–Crippen MR) is 73.2 cm³/mol. The van der Waals surface area contributed by atoms with Gasteiger partial charge in [0.1, 0.15) is 6.29 Å². The highest BCUT2D eigenvalue weighted by Crippen LogP contribution is 2.20. The topological polar surface area (TPSA) is 29.1 Å². The summed E-state index contributed by atoms with van der Waals surface area (Å²) < 4.78 is 0. The van der Waals surface area contributed by atoms with Gasteiger partial charge in [0.05, 0.1) is 0 Å². The normalized spacial score (nSPS) is 15.6. The molecule has 1 N–H and O–H groups in total. The largest absolute Gasteiger partial charge is 0.313 e. The molecule has 1 rings (SSSR count). The molecule has 1 aliphatic carbocycles. The Morgan fingerprint density at radius 3 is 1.69 bits per heavy atom. The SMILES string of the molecule is CC(C)(C)C=O.CC(C)(C)CNC1CC1.Cl. The predicted octanol–water partition coefficient (Wildman–Crippen LogP) is 3.44. The first-order chi connectivity index (χ1) is 6.64. The van der Waals surface area contributed by atoms with Crippen LogP contribution < -0.4 is 5.32 Å². The van der Waals surface area contributed by atoms with Crippen molar-refractivity contribution in [2.75, 3.05) is 6.54 Å². The molecule has 0 aromatic rings. The van der Waals surface area contributed by atoms with E-state index in [1.165, 1.54) is 12.8 Å². The van der Waals surface area contributed by atoms with E-state index in [0.717, 1.165) is 18.9 Å². The zero-order valence-electron chi connectivity index (χ0n) is 11.6. The molecule has 0 radical (unpaired) electrons. The fourth-order valence-electron chi connectivity index (χ4n) is 0.738. The molecular weight excluding hydrogens is 222 g/mol. The molecule has 0 amide bonds. The van der Waals surface area contributed by atoms with Crippen LogP contribution in [0.1, 0.15) is 54.4 Å². The average Bonchev–Trinajstić information content (AvgIpc) is 2.82. The maximum atomic E-state index is 9.83. The minimum Gasteiger partial charge on any atom is -0.313 e. The van der Waals surface area contributed by atoms with Gasteiger partial charge in [0.2, 0.25) is 0 Å². The monoisotopic (exact) mass is 249 g/mol. The number of aldehydes is 1. The third-order valence-electron chi connectivity index (χ3n) is 1.85. The molecule has 0 atom stereocenters. The van der Waals surface area contributed by atoms with Crippen molar-refractivity contribution in [1.29, 1.82) is 0 Å². The van der Waals surface area contributed by atoms with E-state index in [0.29, 0.717) is 5.41 Å². The van der Waals surface area contributed by atoms with Gasteiger partial charge in [0.15, 0.2) is 0 Å². The molecule has 1 saturated carbocycles. The Kier molecular flexibility index (Phi) is 8.33. The standard InChI is InChI=1S/C8H17N.C5H10O.ClH/c1-8(2,3)6-9-7-4-5-7;1-5(2,3)4-6;/h7,9H,4-6H2,1-3H3;4H,1-3H3;1H. The molecule has 0 unspecified atom stereocenters. The molecule has 0 bridgehead atoms. The van der Waals surface area contributed by atoms with Crippen LogP contribution in [0.15, 0.2) is 0 Å². The Morgan fingerprint density at radius 1 is 1.12 bits per heavy atom. The summed E-state index contributed by atoms with van der Waals surface area (Å²) in [5.74, 6) is 0. The van der Waals surface area contributed by atoms with Crippen LogP contribution in [0, 0.1) is 10.8 Å². The second kappa shape index (κ2) is 7.29. The molecule has 0 aromatic heterocycles. The van der Waals surface area contributed by atoms with Gasteiger partial charge < -0.3 is 10.1 Å². The summed E-state index contributed by atoms with van der Waals surface area (Å²) in [4.78, 5) is 9.83. The fourth-order valence-corrected chi connectivity index (χ4v) is 0.738. The van der Waals surface area contributed by atoms with Crippen molar-refractivity contribution >= 4 is 18.7 Å². The summed E-state index contributed by atoms with van der Waals surface area (Å²) in [7, 11) is 0. The molecule has 1 aliphatic rings. The summed E-state index contributed by atoms with van der Waals surface area (Å²) >= 11 is 0. The van der Waals surface area contributed by atoms with Crippen LogP contribution >= 0.6 is 12.4 Å². The number of hydrogen-bond acceptors (Lipinski definition) is 2.